The van der Waals surface area contributed by atoms with E-state index >= 15 is 0 Å². The number of hydrogen-bond donors (Lipinski definition) is 1. The van der Waals surface area contributed by atoms with E-state index in [0.29, 0.717) is 6.04 Å². The number of anilines is 1. The van der Waals surface area contributed by atoms with Gasteiger partial charge in [-0.05, 0) is 44.4 Å². The Balaban J connectivity index is 2.22. The molecule has 1 aliphatic carbocycles. The van der Waals surface area contributed by atoms with Crippen molar-refractivity contribution in [1.29, 1.82) is 0 Å². The largest absolute Gasteiger partial charge is 0.366 e. The molecule has 0 aliphatic heterocycles. The van der Waals surface area contributed by atoms with Crippen molar-refractivity contribution >= 4 is 5.69 Å². The minimum atomic E-state index is -0.137. The number of benzene rings is 1. The topological polar surface area (TPSA) is 29.3 Å². The molecule has 0 radical (unpaired) electrons. The van der Waals surface area contributed by atoms with Crippen LogP contribution in [0.5, 0.6) is 0 Å². The number of halogens is 1. The normalized spacial score (nSPS) is 18.3. The predicted octanol–water partition coefficient (Wildman–Crippen LogP) is 4.00. The lowest BCUT2D eigenvalue weighted by Crippen LogP contribution is -2.37. The van der Waals surface area contributed by atoms with Gasteiger partial charge in [-0.1, -0.05) is 25.3 Å². The fourth-order valence-electron chi connectivity index (χ4n) is 3.06. The fourth-order valence-corrected chi connectivity index (χ4v) is 3.06. The molecule has 0 heterocycles. The highest BCUT2D eigenvalue weighted by Crippen LogP contribution is 2.30. The summed E-state index contributed by atoms with van der Waals surface area (Å²) in [5.74, 6) is -0.137. The second-order valence-corrected chi connectivity index (χ2v) is 5.58. The van der Waals surface area contributed by atoms with Gasteiger partial charge >= 0.3 is 0 Å². The first kappa shape index (κ1) is 14.3. The second-order valence-electron chi connectivity index (χ2n) is 5.58. The molecule has 3 heteroatoms. The van der Waals surface area contributed by atoms with Crippen LogP contribution in [-0.4, -0.2) is 12.6 Å². The van der Waals surface area contributed by atoms with E-state index in [-0.39, 0.29) is 11.9 Å². The van der Waals surface area contributed by atoms with Crippen molar-refractivity contribution in [3.63, 3.8) is 0 Å². The molecule has 0 bridgehead atoms. The molecule has 1 aromatic carbocycles. The lowest BCUT2D eigenvalue weighted by atomic mass is 9.93. The Bertz CT molecular complexity index is 411. The Labute approximate surface area is 115 Å². The van der Waals surface area contributed by atoms with Crippen LogP contribution in [0.4, 0.5) is 10.1 Å². The van der Waals surface area contributed by atoms with Crippen LogP contribution in [0.2, 0.25) is 0 Å². The van der Waals surface area contributed by atoms with Gasteiger partial charge in [-0.15, -0.1) is 0 Å². The summed E-state index contributed by atoms with van der Waals surface area (Å²) >= 11 is 0. The van der Waals surface area contributed by atoms with Gasteiger partial charge in [0, 0.05) is 18.6 Å². The summed E-state index contributed by atoms with van der Waals surface area (Å²) in [5, 5.41) is 0. The Morgan fingerprint density at radius 1 is 1.32 bits per heavy atom. The lowest BCUT2D eigenvalue weighted by Gasteiger charge is -2.35. The van der Waals surface area contributed by atoms with Crippen molar-refractivity contribution in [2.45, 2.75) is 58.0 Å². The highest BCUT2D eigenvalue weighted by atomic mass is 19.1. The third-order valence-corrected chi connectivity index (χ3v) is 4.16. The Hall–Kier alpha value is -1.09. The molecule has 0 saturated heterocycles. The van der Waals surface area contributed by atoms with E-state index in [1.54, 1.807) is 6.07 Å². The highest BCUT2D eigenvalue weighted by Gasteiger charge is 2.22. The first-order valence-corrected chi connectivity index (χ1v) is 7.45. The van der Waals surface area contributed by atoms with E-state index in [1.807, 2.05) is 19.1 Å². The molecule has 1 aromatic rings. The van der Waals surface area contributed by atoms with E-state index in [2.05, 4.69) is 11.8 Å². The molecule has 1 saturated carbocycles. The maximum Gasteiger partial charge on any atom is 0.146 e. The first-order valence-electron chi connectivity index (χ1n) is 7.45. The standard InChI is InChI=1S/C16H25FN2/c1-3-19(14-7-5-4-6-8-14)16-10-9-13(12(2)18)11-15(16)17/h9-12,14H,3-8,18H2,1-2H3. The zero-order valence-electron chi connectivity index (χ0n) is 12.0. The lowest BCUT2D eigenvalue weighted by molar-refractivity contribution is 0.414. The summed E-state index contributed by atoms with van der Waals surface area (Å²) in [6, 6.07) is 5.81. The summed E-state index contributed by atoms with van der Waals surface area (Å²) < 4.78 is 14.3. The maximum atomic E-state index is 14.3. The van der Waals surface area contributed by atoms with Crippen molar-refractivity contribution in [3.8, 4) is 0 Å². The average Bonchev–Trinajstić information content (AvgIpc) is 2.42. The SMILES string of the molecule is CCN(c1ccc(C(C)N)cc1F)C1CCCCC1. The summed E-state index contributed by atoms with van der Waals surface area (Å²) in [6.45, 7) is 4.85. The fraction of sp³-hybridized carbons (Fsp3) is 0.625. The monoisotopic (exact) mass is 264 g/mol. The highest BCUT2D eigenvalue weighted by molar-refractivity contribution is 5.50. The van der Waals surface area contributed by atoms with Gasteiger partial charge in [0.15, 0.2) is 0 Å². The van der Waals surface area contributed by atoms with E-state index in [4.69, 9.17) is 5.73 Å². The van der Waals surface area contributed by atoms with E-state index in [0.717, 1.165) is 17.8 Å². The van der Waals surface area contributed by atoms with Crippen molar-refractivity contribution in [2.24, 2.45) is 5.73 Å². The molecule has 19 heavy (non-hydrogen) atoms. The molecule has 1 fully saturated rings. The van der Waals surface area contributed by atoms with Crippen molar-refractivity contribution in [2.75, 3.05) is 11.4 Å². The molecule has 1 aliphatic rings. The first-order chi connectivity index (χ1) is 9.13. The molecule has 1 unspecified atom stereocenters. The summed E-state index contributed by atoms with van der Waals surface area (Å²) in [7, 11) is 0. The summed E-state index contributed by atoms with van der Waals surface area (Å²) in [5.41, 5.74) is 7.40. The number of rotatable bonds is 4. The van der Waals surface area contributed by atoms with E-state index in [1.165, 1.54) is 32.1 Å². The van der Waals surface area contributed by atoms with Gasteiger partial charge in [0.1, 0.15) is 5.82 Å². The van der Waals surface area contributed by atoms with Crippen LogP contribution in [0.15, 0.2) is 18.2 Å². The van der Waals surface area contributed by atoms with Gasteiger partial charge in [0.25, 0.3) is 0 Å². The quantitative estimate of drug-likeness (QED) is 0.890. The minimum absolute atomic E-state index is 0.117. The van der Waals surface area contributed by atoms with Gasteiger partial charge in [-0.2, -0.15) is 0 Å². The molecule has 0 spiro atoms. The van der Waals surface area contributed by atoms with Crippen molar-refractivity contribution in [3.05, 3.63) is 29.6 Å². The third kappa shape index (κ3) is 3.27. The number of nitrogens with two attached hydrogens (primary N) is 1. The minimum Gasteiger partial charge on any atom is -0.366 e. The van der Waals surface area contributed by atoms with Crippen LogP contribution >= 0.6 is 0 Å². The van der Waals surface area contributed by atoms with Crippen LogP contribution < -0.4 is 10.6 Å². The maximum absolute atomic E-state index is 14.3. The number of hydrogen-bond acceptors (Lipinski definition) is 2. The molecule has 0 amide bonds. The van der Waals surface area contributed by atoms with Crippen LogP contribution in [0.3, 0.4) is 0 Å². The Morgan fingerprint density at radius 2 is 2.00 bits per heavy atom. The molecule has 2 rings (SSSR count). The summed E-state index contributed by atoms with van der Waals surface area (Å²) in [6.07, 6.45) is 6.21. The molecule has 106 valence electrons. The average molecular weight is 264 g/mol. The molecule has 0 aromatic heterocycles. The van der Waals surface area contributed by atoms with Crippen molar-refractivity contribution < 1.29 is 4.39 Å². The Kier molecular flexibility index (Phi) is 4.81. The van der Waals surface area contributed by atoms with Gasteiger partial charge in [0.05, 0.1) is 5.69 Å². The summed E-state index contributed by atoms with van der Waals surface area (Å²) in [4.78, 5) is 2.22. The molecule has 2 nitrogen and oxygen atoms in total. The van der Waals surface area contributed by atoms with Gasteiger partial charge in [0.2, 0.25) is 0 Å². The van der Waals surface area contributed by atoms with Crippen LogP contribution in [0.1, 0.15) is 57.6 Å². The van der Waals surface area contributed by atoms with E-state index < -0.39 is 0 Å². The van der Waals surface area contributed by atoms with Gasteiger partial charge < -0.3 is 10.6 Å². The van der Waals surface area contributed by atoms with Crippen molar-refractivity contribution in [1.82, 2.24) is 0 Å². The molecular formula is C16H25FN2. The smallest absolute Gasteiger partial charge is 0.146 e. The second kappa shape index (κ2) is 6.38. The zero-order chi connectivity index (χ0) is 13.8. The zero-order valence-corrected chi connectivity index (χ0v) is 12.0. The van der Waals surface area contributed by atoms with Crippen LogP contribution in [0.25, 0.3) is 0 Å². The third-order valence-electron chi connectivity index (χ3n) is 4.16. The molecule has 1 atom stereocenters. The molecule has 2 N–H and O–H groups in total. The Morgan fingerprint density at radius 3 is 2.53 bits per heavy atom. The van der Waals surface area contributed by atoms with Gasteiger partial charge in [-0.25, -0.2) is 4.39 Å². The van der Waals surface area contributed by atoms with E-state index in [9.17, 15) is 4.39 Å². The van der Waals surface area contributed by atoms with Gasteiger partial charge in [-0.3, -0.25) is 0 Å². The molecular weight excluding hydrogens is 239 g/mol. The van der Waals surface area contributed by atoms with Crippen LogP contribution in [0, 0.1) is 5.82 Å². The number of nitrogens with zero attached hydrogens (tertiary/aromatic N) is 1. The predicted molar refractivity (Wildman–Crippen MR) is 78.9 cm³/mol. The van der Waals surface area contributed by atoms with Crippen LogP contribution in [-0.2, 0) is 0 Å².